The summed E-state index contributed by atoms with van der Waals surface area (Å²) in [5, 5.41) is 8.58. The van der Waals surface area contributed by atoms with Crippen LogP contribution < -0.4 is 0 Å². The van der Waals surface area contributed by atoms with Gasteiger partial charge < -0.3 is 0 Å². The first kappa shape index (κ1) is 13.5. The summed E-state index contributed by atoms with van der Waals surface area (Å²) in [4.78, 5) is 0. The lowest BCUT2D eigenvalue weighted by Gasteiger charge is -2.27. The van der Waals surface area contributed by atoms with Gasteiger partial charge in [0.2, 0.25) is 10.0 Å². The molecule has 16 heavy (non-hydrogen) atoms. The second kappa shape index (κ2) is 6.21. The Bertz CT molecular complexity index is 339. The van der Waals surface area contributed by atoms with E-state index in [0.717, 1.165) is 25.7 Å². The molecule has 0 atom stereocenters. The predicted octanol–water partition coefficient (Wildman–Crippen LogP) is 1.88. The molecule has 0 aromatic heterocycles. The van der Waals surface area contributed by atoms with E-state index >= 15 is 0 Å². The van der Waals surface area contributed by atoms with Gasteiger partial charge in [-0.15, -0.1) is 0 Å². The van der Waals surface area contributed by atoms with Gasteiger partial charge in [0.15, 0.2) is 0 Å². The minimum atomic E-state index is -3.15. The Morgan fingerprint density at radius 3 is 2.50 bits per heavy atom. The van der Waals surface area contributed by atoms with Gasteiger partial charge in [0.25, 0.3) is 0 Å². The molecular formula is C11H20N2O2S. The molecule has 0 spiro atoms. The fourth-order valence-corrected chi connectivity index (χ4v) is 4.06. The van der Waals surface area contributed by atoms with Crippen LogP contribution in [0.15, 0.2) is 0 Å². The molecule has 0 heterocycles. The SMILES string of the molecule is CCCS(=O)(=O)N(CCC#N)C1CCCC1. The van der Waals surface area contributed by atoms with E-state index in [0.29, 0.717) is 19.4 Å². The van der Waals surface area contributed by atoms with Crippen LogP contribution in [0.5, 0.6) is 0 Å². The average molecular weight is 244 g/mol. The van der Waals surface area contributed by atoms with E-state index in [2.05, 4.69) is 0 Å². The number of nitrogens with zero attached hydrogens (tertiary/aromatic N) is 2. The van der Waals surface area contributed by atoms with Crippen LogP contribution in [0.25, 0.3) is 0 Å². The lowest BCUT2D eigenvalue weighted by Crippen LogP contribution is -2.40. The number of rotatable bonds is 6. The largest absolute Gasteiger partial charge is 0.214 e. The molecule has 0 aromatic carbocycles. The number of sulfonamides is 1. The van der Waals surface area contributed by atoms with Crippen molar-refractivity contribution in [1.29, 1.82) is 5.26 Å². The maximum absolute atomic E-state index is 12.0. The van der Waals surface area contributed by atoms with Crippen LogP contribution in [0.1, 0.15) is 45.4 Å². The summed E-state index contributed by atoms with van der Waals surface area (Å²) in [6.07, 6.45) is 5.05. The van der Waals surface area contributed by atoms with E-state index in [1.54, 1.807) is 4.31 Å². The van der Waals surface area contributed by atoms with Gasteiger partial charge in [0, 0.05) is 19.0 Å². The molecule has 0 saturated heterocycles. The zero-order chi connectivity index (χ0) is 12.0. The summed E-state index contributed by atoms with van der Waals surface area (Å²) in [5.41, 5.74) is 0. The van der Waals surface area contributed by atoms with Crippen molar-refractivity contribution in [2.75, 3.05) is 12.3 Å². The summed E-state index contributed by atoms with van der Waals surface area (Å²) in [7, 11) is -3.15. The highest BCUT2D eigenvalue weighted by molar-refractivity contribution is 7.89. The molecule has 92 valence electrons. The smallest absolute Gasteiger partial charge is 0.212 e. The van der Waals surface area contributed by atoms with E-state index < -0.39 is 10.0 Å². The van der Waals surface area contributed by atoms with Gasteiger partial charge in [0.1, 0.15) is 0 Å². The van der Waals surface area contributed by atoms with Gasteiger partial charge in [0.05, 0.1) is 11.8 Å². The lowest BCUT2D eigenvalue weighted by molar-refractivity contribution is 0.327. The van der Waals surface area contributed by atoms with Crippen molar-refractivity contribution in [1.82, 2.24) is 4.31 Å². The van der Waals surface area contributed by atoms with Crippen LogP contribution in [-0.2, 0) is 10.0 Å². The topological polar surface area (TPSA) is 61.2 Å². The Morgan fingerprint density at radius 1 is 1.38 bits per heavy atom. The molecule has 1 aliphatic rings. The summed E-state index contributed by atoms with van der Waals surface area (Å²) in [5.74, 6) is 0.203. The molecule has 5 heteroatoms. The summed E-state index contributed by atoms with van der Waals surface area (Å²) in [6, 6.07) is 2.17. The van der Waals surface area contributed by atoms with Crippen molar-refractivity contribution >= 4 is 10.0 Å². The Kier molecular flexibility index (Phi) is 5.23. The first-order chi connectivity index (χ1) is 7.61. The van der Waals surface area contributed by atoms with Gasteiger partial charge in [-0.2, -0.15) is 9.57 Å². The molecular weight excluding hydrogens is 224 g/mol. The minimum absolute atomic E-state index is 0.143. The Hall–Kier alpha value is -0.600. The van der Waals surface area contributed by atoms with E-state index in [1.165, 1.54) is 0 Å². The van der Waals surface area contributed by atoms with Gasteiger partial charge in [-0.3, -0.25) is 0 Å². The van der Waals surface area contributed by atoms with Gasteiger partial charge in [-0.05, 0) is 19.3 Å². The zero-order valence-electron chi connectivity index (χ0n) is 9.85. The average Bonchev–Trinajstić information content (AvgIpc) is 2.71. The van der Waals surface area contributed by atoms with Crippen molar-refractivity contribution in [2.45, 2.75) is 51.5 Å². The molecule has 1 fully saturated rings. The van der Waals surface area contributed by atoms with E-state index in [-0.39, 0.29) is 11.8 Å². The molecule has 1 rings (SSSR count). The molecule has 0 aliphatic heterocycles. The zero-order valence-corrected chi connectivity index (χ0v) is 10.7. The Labute approximate surface area is 98.3 Å². The fourth-order valence-electron chi connectivity index (χ4n) is 2.28. The molecule has 0 bridgehead atoms. The van der Waals surface area contributed by atoms with E-state index in [9.17, 15) is 8.42 Å². The third-order valence-electron chi connectivity index (χ3n) is 3.00. The summed E-state index contributed by atoms with van der Waals surface area (Å²) < 4.78 is 25.7. The van der Waals surface area contributed by atoms with Crippen molar-refractivity contribution in [3.8, 4) is 6.07 Å². The van der Waals surface area contributed by atoms with E-state index in [4.69, 9.17) is 5.26 Å². The third-order valence-corrected chi connectivity index (χ3v) is 5.11. The van der Waals surface area contributed by atoms with Crippen LogP contribution in [0.3, 0.4) is 0 Å². The minimum Gasteiger partial charge on any atom is -0.212 e. The first-order valence-electron chi connectivity index (χ1n) is 5.98. The molecule has 0 amide bonds. The molecule has 0 unspecified atom stereocenters. The fraction of sp³-hybridized carbons (Fsp3) is 0.909. The number of hydrogen-bond acceptors (Lipinski definition) is 3. The van der Waals surface area contributed by atoms with Crippen LogP contribution in [-0.4, -0.2) is 31.1 Å². The summed E-state index contributed by atoms with van der Waals surface area (Å²) in [6.45, 7) is 2.23. The third kappa shape index (κ3) is 3.46. The second-order valence-corrected chi connectivity index (χ2v) is 6.31. The number of nitriles is 1. The number of hydrogen-bond donors (Lipinski definition) is 0. The maximum Gasteiger partial charge on any atom is 0.214 e. The van der Waals surface area contributed by atoms with E-state index in [1.807, 2.05) is 13.0 Å². The van der Waals surface area contributed by atoms with Crippen molar-refractivity contribution in [2.24, 2.45) is 0 Å². The van der Waals surface area contributed by atoms with Crippen LogP contribution in [0.2, 0.25) is 0 Å². The highest BCUT2D eigenvalue weighted by Gasteiger charge is 2.30. The first-order valence-corrected chi connectivity index (χ1v) is 7.59. The normalized spacial score (nSPS) is 17.8. The molecule has 0 aromatic rings. The Balaban J connectivity index is 2.73. The maximum atomic E-state index is 12.0. The van der Waals surface area contributed by atoms with Crippen molar-refractivity contribution < 1.29 is 8.42 Å². The van der Waals surface area contributed by atoms with Crippen molar-refractivity contribution in [3.63, 3.8) is 0 Å². The monoisotopic (exact) mass is 244 g/mol. The standard InChI is InChI=1S/C11H20N2O2S/c1-2-10-16(14,15)13(9-5-8-12)11-6-3-4-7-11/h11H,2-7,9-10H2,1H3. The summed E-state index contributed by atoms with van der Waals surface area (Å²) >= 11 is 0. The van der Waals surface area contributed by atoms with Crippen molar-refractivity contribution in [3.05, 3.63) is 0 Å². The molecule has 0 radical (unpaired) electrons. The highest BCUT2D eigenvalue weighted by atomic mass is 32.2. The lowest BCUT2D eigenvalue weighted by atomic mass is 10.2. The molecule has 1 saturated carbocycles. The second-order valence-electron chi connectivity index (χ2n) is 4.27. The Morgan fingerprint density at radius 2 is 2.00 bits per heavy atom. The molecule has 0 N–H and O–H groups in total. The quantitative estimate of drug-likeness (QED) is 0.716. The molecule has 1 aliphatic carbocycles. The highest BCUT2D eigenvalue weighted by Crippen LogP contribution is 2.26. The van der Waals surface area contributed by atoms with Gasteiger partial charge in [-0.25, -0.2) is 8.42 Å². The molecule has 4 nitrogen and oxygen atoms in total. The predicted molar refractivity (Wildman–Crippen MR) is 63.3 cm³/mol. The van der Waals surface area contributed by atoms with Gasteiger partial charge in [-0.1, -0.05) is 19.8 Å². The van der Waals surface area contributed by atoms with Crippen LogP contribution >= 0.6 is 0 Å². The van der Waals surface area contributed by atoms with Crippen LogP contribution in [0, 0.1) is 11.3 Å². The van der Waals surface area contributed by atoms with Gasteiger partial charge >= 0.3 is 0 Å². The van der Waals surface area contributed by atoms with Crippen LogP contribution in [0.4, 0.5) is 0 Å².